The van der Waals surface area contributed by atoms with Crippen LogP contribution in [-0.4, -0.2) is 107 Å². The molecular weight excluding hydrogens is 932 g/mol. The highest BCUT2D eigenvalue weighted by Gasteiger charge is 2.51. The predicted molar refractivity (Wildman–Crippen MR) is 256 cm³/mol. The van der Waals surface area contributed by atoms with Gasteiger partial charge in [-0.3, -0.25) is 24.1 Å². The minimum Gasteiger partial charge on any atom is -0.494 e. The first kappa shape index (κ1) is 53.0. The Morgan fingerprint density at radius 3 is 2.29 bits per heavy atom. The van der Waals surface area contributed by atoms with E-state index in [1.807, 2.05) is 45.0 Å². The number of halogens is 3. The van der Waals surface area contributed by atoms with Crippen molar-refractivity contribution in [2.45, 2.75) is 103 Å². The van der Waals surface area contributed by atoms with Crippen molar-refractivity contribution >= 4 is 52.3 Å². The molecule has 0 radical (unpaired) electrons. The summed E-state index contributed by atoms with van der Waals surface area (Å²) in [5, 5.41) is 25.4. The van der Waals surface area contributed by atoms with E-state index in [-0.39, 0.29) is 43.5 Å². The number of rotatable bonds is 21. The number of benzene rings is 3. The van der Waals surface area contributed by atoms with E-state index in [9.17, 15) is 42.7 Å². The van der Waals surface area contributed by atoms with E-state index in [1.165, 1.54) is 17.4 Å². The molecule has 0 spiro atoms. The van der Waals surface area contributed by atoms with Gasteiger partial charge in [0.2, 0.25) is 17.7 Å². The van der Waals surface area contributed by atoms with Crippen LogP contribution in [0.4, 0.5) is 24.5 Å². The van der Waals surface area contributed by atoms with Crippen LogP contribution in [0.1, 0.15) is 83.4 Å². The molecule has 16 nitrogen and oxygen atoms in total. The molecule has 0 aliphatic carbocycles. The van der Waals surface area contributed by atoms with Crippen molar-refractivity contribution in [1.29, 1.82) is 5.26 Å². The lowest BCUT2D eigenvalue weighted by Crippen LogP contribution is -2.58. The van der Waals surface area contributed by atoms with Gasteiger partial charge < -0.3 is 44.2 Å². The normalized spacial score (nSPS) is 17.4. The number of alkyl halides is 3. The van der Waals surface area contributed by atoms with E-state index in [0.29, 0.717) is 43.4 Å². The molecule has 3 heterocycles. The van der Waals surface area contributed by atoms with Gasteiger partial charge in [-0.25, -0.2) is 4.98 Å². The number of anilines is 2. The number of aliphatic hydroxyl groups is 1. The summed E-state index contributed by atoms with van der Waals surface area (Å²) in [6.07, 6.45) is 0.259. The number of carbonyl (C=O) groups excluding carboxylic acids is 4. The number of unbranched alkanes of at least 4 members (excludes halogenated alkanes) is 2. The quantitative estimate of drug-likeness (QED) is 0.0574. The second-order valence-corrected chi connectivity index (χ2v) is 19.0. The fourth-order valence-corrected chi connectivity index (χ4v) is 8.65. The number of β-amino-alcohol motifs (C(OH)–C–C–N with tert-alkyl or cyclic N) is 1. The van der Waals surface area contributed by atoms with Gasteiger partial charge in [0.25, 0.3) is 5.91 Å². The molecule has 2 aliphatic heterocycles. The number of nitrogens with one attached hydrogen (secondary N) is 2. The van der Waals surface area contributed by atoms with Crippen LogP contribution in [-0.2, 0) is 41.4 Å². The maximum Gasteiger partial charge on any atom is 0.417 e. The molecule has 2 fully saturated rings. The molecular formula is C50H58F3N7O9S. The van der Waals surface area contributed by atoms with Crippen molar-refractivity contribution in [1.82, 2.24) is 20.5 Å². The second kappa shape index (κ2) is 23.0. The molecule has 6 rings (SSSR count). The Bertz CT molecular complexity index is 2510. The summed E-state index contributed by atoms with van der Waals surface area (Å²) in [5.41, 5.74) is -1.51. The number of amides is 4. The van der Waals surface area contributed by atoms with Gasteiger partial charge in [-0.15, -0.1) is 0 Å². The molecule has 1 aromatic heterocycles. The third-order valence-corrected chi connectivity index (χ3v) is 12.2. The summed E-state index contributed by atoms with van der Waals surface area (Å²) in [7, 11) is 0. The lowest BCUT2D eigenvalue weighted by Gasteiger charge is -2.35. The number of hydrogen-bond donors (Lipinski definition) is 3. The summed E-state index contributed by atoms with van der Waals surface area (Å²) in [6.45, 7) is 10.2. The lowest BCUT2D eigenvalue weighted by atomic mass is 9.85. The standard InChI is InChI=1S/C50H58F3N7O9S/c1-48(2,3)43(45(64)58-29-37(61)25-40(58)44(63)56-27-32-10-12-33(13-11-32)41-28-55-31-69-41)57-42(62)30-67-22-9-21-66-20-7-6-8-23-68-38-18-16-35(17-19-38)60-47(70)59(46(65)49(60,4)5)36-15-14-34(26-54)39(24-36)50(51,52)53/h10-19,24,28,31,37,40,43,61H,6-9,20-23,25,27,29-30H2,1-5H3,(H,56,63)(H,57,62)/t37-,40+,43?/m1/s1. The van der Waals surface area contributed by atoms with E-state index in [4.69, 9.17) is 30.8 Å². The third-order valence-electron chi connectivity index (χ3n) is 11.9. The summed E-state index contributed by atoms with van der Waals surface area (Å²) in [4.78, 5) is 61.6. The minimum absolute atomic E-state index is 0.000923. The highest BCUT2D eigenvalue weighted by atomic mass is 32.1. The summed E-state index contributed by atoms with van der Waals surface area (Å²) >= 11 is 5.62. The smallest absolute Gasteiger partial charge is 0.417 e. The van der Waals surface area contributed by atoms with Crippen molar-refractivity contribution in [2.75, 3.05) is 49.4 Å². The largest absolute Gasteiger partial charge is 0.494 e. The highest BCUT2D eigenvalue weighted by molar-refractivity contribution is 7.81. The highest BCUT2D eigenvalue weighted by Crippen LogP contribution is 2.40. The molecule has 3 aromatic carbocycles. The molecule has 2 aliphatic rings. The average molecular weight is 990 g/mol. The summed E-state index contributed by atoms with van der Waals surface area (Å²) < 4.78 is 63.6. The van der Waals surface area contributed by atoms with E-state index in [2.05, 4.69) is 15.6 Å². The zero-order valence-corrected chi connectivity index (χ0v) is 40.5. The van der Waals surface area contributed by atoms with Crippen molar-refractivity contribution < 1.29 is 56.1 Å². The van der Waals surface area contributed by atoms with E-state index in [0.717, 1.165) is 47.4 Å². The zero-order chi connectivity index (χ0) is 50.8. The Balaban J connectivity index is 0.849. The number of aromatic nitrogens is 1. The fourth-order valence-electron chi connectivity index (χ4n) is 8.13. The zero-order valence-electron chi connectivity index (χ0n) is 39.7. The van der Waals surface area contributed by atoms with Crippen molar-refractivity contribution in [2.24, 2.45) is 5.41 Å². The van der Waals surface area contributed by atoms with Gasteiger partial charge in [0, 0.05) is 50.6 Å². The summed E-state index contributed by atoms with van der Waals surface area (Å²) in [5.74, 6) is -0.675. The lowest BCUT2D eigenvalue weighted by molar-refractivity contribution is -0.144. The maximum absolute atomic E-state index is 13.9. The Kier molecular flexibility index (Phi) is 17.4. The van der Waals surface area contributed by atoms with Crippen LogP contribution >= 0.6 is 12.2 Å². The van der Waals surface area contributed by atoms with Crippen molar-refractivity contribution in [3.63, 3.8) is 0 Å². The van der Waals surface area contributed by atoms with Crippen molar-refractivity contribution in [3.8, 4) is 23.1 Å². The molecule has 374 valence electrons. The molecule has 3 atom stereocenters. The number of ether oxygens (including phenoxy) is 3. The average Bonchev–Trinajstić information content (AvgIpc) is 4.04. The van der Waals surface area contributed by atoms with Gasteiger partial charge >= 0.3 is 6.18 Å². The van der Waals surface area contributed by atoms with Crippen LogP contribution in [0, 0.1) is 16.7 Å². The van der Waals surface area contributed by atoms with E-state index in [1.54, 1.807) is 55.3 Å². The number of thiocarbonyl (C=S) groups is 1. The molecule has 4 amide bonds. The van der Waals surface area contributed by atoms with Crippen molar-refractivity contribution in [3.05, 3.63) is 96.0 Å². The number of aliphatic hydroxyl groups excluding tert-OH is 1. The number of oxazole rings is 1. The predicted octanol–water partition coefficient (Wildman–Crippen LogP) is 6.93. The van der Waals surface area contributed by atoms with E-state index >= 15 is 0 Å². The molecule has 0 saturated carbocycles. The number of nitriles is 1. The van der Waals surface area contributed by atoms with Crippen LogP contribution in [0.3, 0.4) is 0 Å². The molecule has 70 heavy (non-hydrogen) atoms. The molecule has 20 heteroatoms. The first-order chi connectivity index (χ1) is 33.2. The second-order valence-electron chi connectivity index (χ2n) is 18.6. The third kappa shape index (κ3) is 13.1. The van der Waals surface area contributed by atoms with Crippen LogP contribution in [0.2, 0.25) is 0 Å². The summed E-state index contributed by atoms with van der Waals surface area (Å²) in [6, 6.07) is 17.0. The first-order valence-corrected chi connectivity index (χ1v) is 23.3. The Labute approximate surface area is 410 Å². The molecule has 4 aromatic rings. The Morgan fingerprint density at radius 2 is 1.63 bits per heavy atom. The maximum atomic E-state index is 13.9. The van der Waals surface area contributed by atoms with Crippen LogP contribution in [0.25, 0.3) is 11.3 Å². The molecule has 0 bridgehead atoms. The number of likely N-dealkylation sites (tertiary alicyclic amines) is 1. The van der Waals surface area contributed by atoms with Gasteiger partial charge in [0.05, 0.1) is 41.8 Å². The molecule has 2 saturated heterocycles. The SMILES string of the molecule is CC(C)(C)C(NC(=O)COCCCOCCCCCOc1ccc(N2C(=S)N(c3ccc(C#N)c(C(F)(F)F)c3)C(=O)C2(C)C)cc1)C(=O)N1C[C@H](O)C[C@H]1C(=O)NCc1ccc(-c2cnco2)cc1. The van der Waals surface area contributed by atoms with Crippen LogP contribution < -0.4 is 25.2 Å². The van der Waals surface area contributed by atoms with E-state index < -0.39 is 70.1 Å². The van der Waals surface area contributed by atoms with Gasteiger partial charge in [-0.2, -0.15) is 18.4 Å². The van der Waals surface area contributed by atoms with Gasteiger partial charge in [0.15, 0.2) is 17.3 Å². The minimum atomic E-state index is -4.80. The van der Waals surface area contributed by atoms with Gasteiger partial charge in [-0.05, 0) is 105 Å². The molecule has 3 N–H and O–H groups in total. The number of hydrogen-bond acceptors (Lipinski definition) is 12. The topological polar surface area (TPSA) is 200 Å². The Hall–Kier alpha value is -6.40. The van der Waals surface area contributed by atoms with Crippen LogP contribution in [0.15, 0.2) is 83.7 Å². The van der Waals surface area contributed by atoms with Crippen LogP contribution in [0.5, 0.6) is 5.75 Å². The molecule has 1 unspecified atom stereocenters. The van der Waals surface area contributed by atoms with Gasteiger partial charge in [0.1, 0.15) is 30.0 Å². The van der Waals surface area contributed by atoms with Gasteiger partial charge in [-0.1, -0.05) is 45.0 Å². The fraction of sp³-hybridized carbons (Fsp3) is 0.460. The first-order valence-electron chi connectivity index (χ1n) is 22.9. The number of carbonyl (C=O) groups is 4. The monoisotopic (exact) mass is 989 g/mol. The Morgan fingerprint density at radius 1 is 0.957 bits per heavy atom. The number of nitrogens with zero attached hydrogens (tertiary/aromatic N) is 5.